The summed E-state index contributed by atoms with van der Waals surface area (Å²) < 4.78 is 5.18. The van der Waals surface area contributed by atoms with E-state index in [-0.39, 0.29) is 12.1 Å². The zero-order chi connectivity index (χ0) is 11.6. The molecule has 1 aliphatic carbocycles. The normalized spacial score (nSPS) is 30.6. The molecule has 0 radical (unpaired) electrons. The van der Waals surface area contributed by atoms with Crippen molar-refractivity contribution < 1.29 is 9.84 Å². The van der Waals surface area contributed by atoms with Gasteiger partial charge in [-0.1, -0.05) is 0 Å². The highest BCUT2D eigenvalue weighted by Crippen LogP contribution is 2.39. The Bertz CT molecular complexity index is 233. The molecule has 1 saturated carbocycles. The van der Waals surface area contributed by atoms with Crippen molar-refractivity contribution in [3.8, 4) is 0 Å². The minimum absolute atomic E-state index is 0.114. The van der Waals surface area contributed by atoms with Gasteiger partial charge in [0, 0.05) is 20.2 Å². The lowest BCUT2D eigenvalue weighted by Crippen LogP contribution is -2.54. The molecule has 3 N–H and O–H groups in total. The summed E-state index contributed by atoms with van der Waals surface area (Å²) in [5.74, 6) is 1.19. The molecule has 1 heterocycles. The summed E-state index contributed by atoms with van der Waals surface area (Å²) in [4.78, 5) is 2.39. The standard InChI is InChI=1S/C12H24N2O2/c1-16-7-10-4-5-14(6-10)8-12(13,9-15)11-2-3-11/h10-11,15H,2-9,13H2,1H3. The first-order chi connectivity index (χ1) is 7.68. The van der Waals surface area contributed by atoms with Crippen molar-refractivity contribution in [1.82, 2.24) is 4.90 Å². The maximum Gasteiger partial charge on any atom is 0.0626 e. The Morgan fingerprint density at radius 1 is 1.44 bits per heavy atom. The number of nitrogens with zero attached hydrogens (tertiary/aromatic N) is 1. The van der Waals surface area contributed by atoms with Crippen LogP contribution in [0.4, 0.5) is 0 Å². The van der Waals surface area contributed by atoms with E-state index in [9.17, 15) is 5.11 Å². The number of hydrogen-bond acceptors (Lipinski definition) is 4. The molecule has 16 heavy (non-hydrogen) atoms. The topological polar surface area (TPSA) is 58.7 Å². The Morgan fingerprint density at radius 2 is 2.19 bits per heavy atom. The number of ether oxygens (including phenoxy) is 1. The molecule has 0 amide bonds. The van der Waals surface area contributed by atoms with Crippen LogP contribution in [-0.2, 0) is 4.74 Å². The lowest BCUT2D eigenvalue weighted by Gasteiger charge is -2.32. The molecule has 2 aliphatic rings. The van der Waals surface area contributed by atoms with Gasteiger partial charge in [0.05, 0.1) is 18.8 Å². The Kier molecular flexibility index (Phi) is 3.85. The summed E-state index contributed by atoms with van der Waals surface area (Å²) in [5, 5.41) is 9.45. The van der Waals surface area contributed by atoms with E-state index in [1.54, 1.807) is 7.11 Å². The minimum atomic E-state index is -0.359. The van der Waals surface area contributed by atoms with Crippen LogP contribution in [0.15, 0.2) is 0 Å². The van der Waals surface area contributed by atoms with Gasteiger partial charge in [0.1, 0.15) is 0 Å². The molecular weight excluding hydrogens is 204 g/mol. The summed E-state index contributed by atoms with van der Waals surface area (Å²) in [6.07, 6.45) is 3.57. The van der Waals surface area contributed by atoms with Gasteiger partial charge in [0.2, 0.25) is 0 Å². The van der Waals surface area contributed by atoms with Crippen molar-refractivity contribution in [1.29, 1.82) is 0 Å². The molecule has 2 unspecified atom stereocenters. The van der Waals surface area contributed by atoms with Crippen LogP contribution in [0.25, 0.3) is 0 Å². The highest BCUT2D eigenvalue weighted by Gasteiger charge is 2.43. The number of rotatable bonds is 6. The van der Waals surface area contributed by atoms with Gasteiger partial charge in [-0.15, -0.1) is 0 Å². The molecule has 4 heteroatoms. The van der Waals surface area contributed by atoms with Crippen molar-refractivity contribution in [2.24, 2.45) is 17.6 Å². The van der Waals surface area contributed by atoms with E-state index in [0.29, 0.717) is 11.8 Å². The number of methoxy groups -OCH3 is 1. The summed E-state index contributed by atoms with van der Waals surface area (Å²) in [6.45, 7) is 3.97. The van der Waals surface area contributed by atoms with Crippen molar-refractivity contribution in [3.05, 3.63) is 0 Å². The van der Waals surface area contributed by atoms with E-state index >= 15 is 0 Å². The number of aliphatic hydroxyl groups excluding tert-OH is 1. The molecule has 0 aromatic heterocycles. The van der Waals surface area contributed by atoms with Gasteiger partial charge < -0.3 is 20.5 Å². The second-order valence-corrected chi connectivity index (χ2v) is 5.51. The van der Waals surface area contributed by atoms with E-state index < -0.39 is 0 Å². The highest BCUT2D eigenvalue weighted by molar-refractivity contribution is 5.01. The predicted octanol–water partition coefficient (Wildman–Crippen LogP) is 0.0545. The number of nitrogens with two attached hydrogens (primary N) is 1. The maximum absolute atomic E-state index is 9.45. The van der Waals surface area contributed by atoms with Gasteiger partial charge >= 0.3 is 0 Å². The molecule has 1 saturated heterocycles. The molecule has 0 aromatic rings. The first-order valence-corrected chi connectivity index (χ1v) is 6.29. The van der Waals surface area contributed by atoms with E-state index in [2.05, 4.69) is 4.90 Å². The SMILES string of the molecule is COCC1CCN(CC(N)(CO)C2CC2)C1. The first kappa shape index (κ1) is 12.3. The molecule has 0 bridgehead atoms. The summed E-state index contributed by atoms with van der Waals surface area (Å²) >= 11 is 0. The third kappa shape index (κ3) is 2.74. The third-order valence-electron chi connectivity index (χ3n) is 3.98. The summed E-state index contributed by atoms with van der Waals surface area (Å²) in [5.41, 5.74) is 5.92. The molecule has 2 rings (SSSR count). The van der Waals surface area contributed by atoms with E-state index in [1.165, 1.54) is 19.3 Å². The van der Waals surface area contributed by atoms with Crippen LogP contribution in [0.5, 0.6) is 0 Å². The molecule has 1 aliphatic heterocycles. The zero-order valence-corrected chi connectivity index (χ0v) is 10.2. The van der Waals surface area contributed by atoms with E-state index in [0.717, 1.165) is 26.2 Å². The van der Waals surface area contributed by atoms with Crippen molar-refractivity contribution in [2.75, 3.05) is 40.0 Å². The van der Waals surface area contributed by atoms with Crippen LogP contribution in [0.2, 0.25) is 0 Å². The number of aliphatic hydroxyl groups is 1. The van der Waals surface area contributed by atoms with Crippen molar-refractivity contribution >= 4 is 0 Å². The maximum atomic E-state index is 9.45. The fraction of sp³-hybridized carbons (Fsp3) is 1.00. The first-order valence-electron chi connectivity index (χ1n) is 6.29. The molecule has 0 aromatic carbocycles. The molecule has 4 nitrogen and oxygen atoms in total. The van der Waals surface area contributed by atoms with Crippen LogP contribution in [0.1, 0.15) is 19.3 Å². The van der Waals surface area contributed by atoms with Gasteiger partial charge in [0.25, 0.3) is 0 Å². The van der Waals surface area contributed by atoms with Gasteiger partial charge in [0.15, 0.2) is 0 Å². The number of likely N-dealkylation sites (tertiary alicyclic amines) is 1. The van der Waals surface area contributed by atoms with E-state index in [1.807, 2.05) is 0 Å². The molecular formula is C12H24N2O2. The Morgan fingerprint density at radius 3 is 2.75 bits per heavy atom. The van der Waals surface area contributed by atoms with Crippen LogP contribution in [-0.4, -0.2) is 55.5 Å². The Labute approximate surface area is 97.7 Å². The van der Waals surface area contributed by atoms with Gasteiger partial charge in [-0.05, 0) is 37.6 Å². The van der Waals surface area contributed by atoms with Crippen LogP contribution < -0.4 is 5.73 Å². The molecule has 0 spiro atoms. The van der Waals surface area contributed by atoms with Crippen LogP contribution in [0.3, 0.4) is 0 Å². The third-order valence-corrected chi connectivity index (χ3v) is 3.98. The summed E-state index contributed by atoms with van der Waals surface area (Å²) in [6, 6.07) is 0. The van der Waals surface area contributed by atoms with Crippen molar-refractivity contribution in [2.45, 2.75) is 24.8 Å². The van der Waals surface area contributed by atoms with Gasteiger partial charge in [-0.2, -0.15) is 0 Å². The monoisotopic (exact) mass is 228 g/mol. The fourth-order valence-electron chi connectivity index (χ4n) is 2.81. The second-order valence-electron chi connectivity index (χ2n) is 5.51. The van der Waals surface area contributed by atoms with Gasteiger partial charge in [-0.25, -0.2) is 0 Å². The smallest absolute Gasteiger partial charge is 0.0626 e. The minimum Gasteiger partial charge on any atom is -0.394 e. The van der Waals surface area contributed by atoms with Crippen LogP contribution in [0, 0.1) is 11.8 Å². The highest BCUT2D eigenvalue weighted by atomic mass is 16.5. The van der Waals surface area contributed by atoms with Crippen molar-refractivity contribution in [3.63, 3.8) is 0 Å². The molecule has 2 fully saturated rings. The second kappa shape index (κ2) is 5.00. The predicted molar refractivity (Wildman–Crippen MR) is 63.2 cm³/mol. The average molecular weight is 228 g/mol. The quantitative estimate of drug-likeness (QED) is 0.674. The Hall–Kier alpha value is -0.160. The van der Waals surface area contributed by atoms with Gasteiger partial charge in [-0.3, -0.25) is 0 Å². The Balaban J connectivity index is 1.81. The van der Waals surface area contributed by atoms with E-state index in [4.69, 9.17) is 10.5 Å². The van der Waals surface area contributed by atoms with Crippen LogP contribution >= 0.6 is 0 Å². The number of hydrogen-bond donors (Lipinski definition) is 2. The lowest BCUT2D eigenvalue weighted by atomic mass is 9.95. The molecule has 94 valence electrons. The molecule has 2 atom stereocenters. The lowest BCUT2D eigenvalue weighted by molar-refractivity contribution is 0.121. The largest absolute Gasteiger partial charge is 0.394 e. The summed E-state index contributed by atoms with van der Waals surface area (Å²) in [7, 11) is 1.76. The zero-order valence-electron chi connectivity index (χ0n) is 10.2. The average Bonchev–Trinajstić information content (AvgIpc) is 3.04. The fourth-order valence-corrected chi connectivity index (χ4v) is 2.81.